The molecule has 2 aromatic carbocycles. The third-order valence-corrected chi connectivity index (χ3v) is 5.46. The van der Waals surface area contributed by atoms with Crippen LogP contribution >= 0.6 is 11.8 Å². The lowest BCUT2D eigenvalue weighted by Gasteiger charge is -2.18. The number of aromatic nitrogens is 4. The highest BCUT2D eigenvalue weighted by Crippen LogP contribution is 2.30. The lowest BCUT2D eigenvalue weighted by molar-refractivity contribution is 0.304. The van der Waals surface area contributed by atoms with Crippen molar-refractivity contribution >= 4 is 16.9 Å². The summed E-state index contributed by atoms with van der Waals surface area (Å²) in [7, 11) is 0. The summed E-state index contributed by atoms with van der Waals surface area (Å²) in [6.45, 7) is 2.80. The Morgan fingerprint density at radius 1 is 1.12 bits per heavy atom. The molecule has 26 heavy (non-hydrogen) atoms. The molecule has 3 N–H and O–H groups in total. The number of benzene rings is 2. The van der Waals surface area contributed by atoms with Gasteiger partial charge in [0.2, 0.25) is 5.82 Å². The van der Waals surface area contributed by atoms with Gasteiger partial charge in [-0.1, -0.05) is 67.2 Å². The molecule has 2 heterocycles. The van der Waals surface area contributed by atoms with Crippen molar-refractivity contribution in [1.29, 1.82) is 5.41 Å². The number of thioether (sulfide) groups is 1. The minimum atomic E-state index is 0.295. The predicted octanol–water partition coefficient (Wildman–Crippen LogP) is 3.26. The van der Waals surface area contributed by atoms with Gasteiger partial charge in [-0.15, -0.1) is 10.2 Å². The van der Waals surface area contributed by atoms with Crippen molar-refractivity contribution in [3.63, 3.8) is 0 Å². The minimum Gasteiger partial charge on any atom is -0.282 e. The van der Waals surface area contributed by atoms with Crippen molar-refractivity contribution in [3.8, 4) is 22.5 Å². The molecule has 1 aliphatic heterocycles. The first-order valence-corrected chi connectivity index (χ1v) is 9.33. The van der Waals surface area contributed by atoms with Gasteiger partial charge in [-0.2, -0.15) is 5.21 Å². The second kappa shape index (κ2) is 7.27. The number of tetrazole rings is 1. The second-order valence-corrected chi connectivity index (χ2v) is 7.20. The van der Waals surface area contributed by atoms with Gasteiger partial charge in [-0.3, -0.25) is 10.4 Å². The summed E-state index contributed by atoms with van der Waals surface area (Å²) in [5.74, 6) is 0.585. The Balaban J connectivity index is 1.55. The van der Waals surface area contributed by atoms with Crippen LogP contribution in [0.3, 0.4) is 0 Å². The number of hydrogen-bond donors (Lipinski definition) is 3. The summed E-state index contributed by atoms with van der Waals surface area (Å²) in [4.78, 5) is 0. The molecule has 7 nitrogen and oxygen atoms in total. The number of rotatable bonds is 5. The van der Waals surface area contributed by atoms with E-state index in [1.54, 1.807) is 11.8 Å². The smallest absolute Gasteiger partial charge is 0.205 e. The van der Waals surface area contributed by atoms with E-state index in [2.05, 4.69) is 63.3 Å². The Hall–Kier alpha value is -2.71. The predicted molar refractivity (Wildman–Crippen MR) is 103 cm³/mol. The van der Waals surface area contributed by atoms with Crippen LogP contribution in [-0.4, -0.2) is 36.2 Å². The van der Waals surface area contributed by atoms with Gasteiger partial charge in [0.15, 0.2) is 5.17 Å². The van der Waals surface area contributed by atoms with E-state index in [-0.39, 0.29) is 0 Å². The number of H-pyrrole nitrogens is 1. The molecule has 4 rings (SSSR count). The molecule has 1 fully saturated rings. The number of nitrogens with zero attached hydrogens (tertiary/aromatic N) is 4. The zero-order chi connectivity index (χ0) is 17.9. The van der Waals surface area contributed by atoms with Gasteiger partial charge in [-0.25, -0.2) is 5.43 Å². The van der Waals surface area contributed by atoms with Crippen LogP contribution in [-0.2, 0) is 6.54 Å². The molecular weight excluding hydrogens is 346 g/mol. The van der Waals surface area contributed by atoms with E-state index in [4.69, 9.17) is 5.41 Å². The molecule has 8 heteroatoms. The SMILES string of the molecule is CCC1NN(Cc2ccc(-c3ccccc3-c3nn[nH]n3)cc2)C(=N)S1. The normalized spacial score (nSPS) is 17.0. The van der Waals surface area contributed by atoms with Crippen molar-refractivity contribution in [2.24, 2.45) is 0 Å². The van der Waals surface area contributed by atoms with Crippen molar-refractivity contribution in [3.05, 3.63) is 54.1 Å². The van der Waals surface area contributed by atoms with Gasteiger partial charge in [0.25, 0.3) is 0 Å². The summed E-state index contributed by atoms with van der Waals surface area (Å²) in [5.41, 5.74) is 7.62. The molecule has 0 spiro atoms. The molecule has 0 aliphatic carbocycles. The summed E-state index contributed by atoms with van der Waals surface area (Å²) in [5, 5.41) is 25.2. The van der Waals surface area contributed by atoms with Crippen molar-refractivity contribution in [2.75, 3.05) is 0 Å². The average molecular weight is 365 g/mol. The molecule has 1 aliphatic rings. The van der Waals surface area contributed by atoms with Gasteiger partial charge >= 0.3 is 0 Å². The molecule has 3 aromatic rings. The Morgan fingerprint density at radius 2 is 1.88 bits per heavy atom. The molecule has 1 atom stereocenters. The molecule has 0 saturated carbocycles. The van der Waals surface area contributed by atoms with Gasteiger partial charge in [0, 0.05) is 5.56 Å². The fourth-order valence-corrected chi connectivity index (χ4v) is 3.79. The zero-order valence-corrected chi connectivity index (χ0v) is 15.1. The van der Waals surface area contributed by atoms with Crippen LogP contribution < -0.4 is 5.43 Å². The van der Waals surface area contributed by atoms with Crippen LogP contribution in [0.1, 0.15) is 18.9 Å². The highest BCUT2D eigenvalue weighted by molar-refractivity contribution is 8.14. The lowest BCUT2D eigenvalue weighted by atomic mass is 9.98. The third-order valence-electron chi connectivity index (χ3n) is 4.29. The van der Waals surface area contributed by atoms with E-state index < -0.39 is 0 Å². The Bertz CT molecular complexity index is 892. The van der Waals surface area contributed by atoms with Crippen molar-refractivity contribution < 1.29 is 0 Å². The largest absolute Gasteiger partial charge is 0.282 e. The molecule has 132 valence electrons. The maximum Gasteiger partial charge on any atom is 0.205 e. The van der Waals surface area contributed by atoms with Crippen LogP contribution in [0, 0.1) is 5.41 Å². The summed E-state index contributed by atoms with van der Waals surface area (Å²) in [6.07, 6.45) is 0.995. The third kappa shape index (κ3) is 3.33. The van der Waals surface area contributed by atoms with E-state index in [0.717, 1.165) is 28.7 Å². The van der Waals surface area contributed by atoms with Crippen molar-refractivity contribution in [1.82, 2.24) is 31.1 Å². The van der Waals surface area contributed by atoms with Crippen LogP contribution in [0.25, 0.3) is 22.5 Å². The molecule has 0 bridgehead atoms. The first-order chi connectivity index (χ1) is 12.7. The molecule has 0 amide bonds. The molecule has 1 saturated heterocycles. The Morgan fingerprint density at radius 3 is 2.54 bits per heavy atom. The van der Waals surface area contributed by atoms with Crippen molar-refractivity contribution in [2.45, 2.75) is 25.3 Å². The first kappa shape index (κ1) is 16.7. The van der Waals surface area contributed by atoms with E-state index >= 15 is 0 Å². The highest BCUT2D eigenvalue weighted by atomic mass is 32.2. The number of aromatic amines is 1. The van der Waals surface area contributed by atoms with E-state index in [9.17, 15) is 0 Å². The highest BCUT2D eigenvalue weighted by Gasteiger charge is 2.25. The molecule has 0 radical (unpaired) electrons. The second-order valence-electron chi connectivity index (χ2n) is 6.01. The molecule has 1 aromatic heterocycles. The average Bonchev–Trinajstić information content (AvgIpc) is 3.33. The quantitative estimate of drug-likeness (QED) is 0.643. The van der Waals surface area contributed by atoms with E-state index in [1.807, 2.05) is 23.2 Å². The van der Waals surface area contributed by atoms with E-state index in [1.165, 1.54) is 0 Å². The maximum absolute atomic E-state index is 8.08. The Kier molecular flexibility index (Phi) is 4.68. The lowest BCUT2D eigenvalue weighted by Crippen LogP contribution is -2.36. The van der Waals surface area contributed by atoms with E-state index in [0.29, 0.717) is 22.9 Å². The fourth-order valence-electron chi connectivity index (χ4n) is 2.93. The molecule has 1 unspecified atom stereocenters. The summed E-state index contributed by atoms with van der Waals surface area (Å²) in [6, 6.07) is 16.4. The first-order valence-electron chi connectivity index (χ1n) is 8.45. The monoisotopic (exact) mass is 365 g/mol. The minimum absolute atomic E-state index is 0.295. The van der Waals surface area contributed by atoms with Gasteiger partial charge in [0.05, 0.1) is 11.9 Å². The zero-order valence-electron chi connectivity index (χ0n) is 14.3. The van der Waals surface area contributed by atoms with Gasteiger partial charge < -0.3 is 0 Å². The topological polar surface area (TPSA) is 93.6 Å². The van der Waals surface area contributed by atoms with Gasteiger partial charge in [-0.05, 0) is 28.3 Å². The van der Waals surface area contributed by atoms with Crippen LogP contribution in [0.4, 0.5) is 0 Å². The number of hydrazine groups is 1. The number of nitrogens with one attached hydrogen (secondary N) is 3. The van der Waals surface area contributed by atoms with Crippen LogP contribution in [0.2, 0.25) is 0 Å². The van der Waals surface area contributed by atoms with Gasteiger partial charge in [0.1, 0.15) is 0 Å². The van der Waals surface area contributed by atoms with Crippen LogP contribution in [0.5, 0.6) is 0 Å². The number of hydrogen-bond acceptors (Lipinski definition) is 6. The Labute approximate surface area is 155 Å². The summed E-state index contributed by atoms with van der Waals surface area (Å²) < 4.78 is 0. The standard InChI is InChI=1S/C18H19N7S/c1-2-16-22-25(18(19)26-16)11-12-7-9-13(10-8-12)14-5-3-4-6-15(14)17-20-23-24-21-17/h3-10,16,19,22H,2,11H2,1H3,(H,20,21,23,24). The maximum atomic E-state index is 8.08. The fraction of sp³-hybridized carbons (Fsp3) is 0.222. The van der Waals surface area contributed by atoms with Crippen LogP contribution in [0.15, 0.2) is 48.5 Å². The molecular formula is C18H19N7S. The summed E-state index contributed by atoms with van der Waals surface area (Å²) >= 11 is 1.57. The number of amidine groups is 1.